The predicted molar refractivity (Wildman–Crippen MR) is 119 cm³/mol. The van der Waals surface area contributed by atoms with Crippen molar-refractivity contribution in [2.24, 2.45) is 0 Å². The van der Waals surface area contributed by atoms with Crippen molar-refractivity contribution in [2.45, 2.75) is 32.8 Å². The lowest BCUT2D eigenvalue weighted by molar-refractivity contribution is -0.120. The first-order chi connectivity index (χ1) is 14.5. The van der Waals surface area contributed by atoms with E-state index < -0.39 is 0 Å². The largest absolute Gasteiger partial charge is 0.497 e. The molecule has 30 heavy (non-hydrogen) atoms. The van der Waals surface area contributed by atoms with E-state index in [9.17, 15) is 4.79 Å². The van der Waals surface area contributed by atoms with Crippen LogP contribution >= 0.6 is 11.3 Å². The third kappa shape index (κ3) is 4.42. The van der Waals surface area contributed by atoms with Gasteiger partial charge in [-0.15, -0.1) is 0 Å². The molecular weight excluding hydrogens is 400 g/mol. The number of thiazole rings is 1. The molecule has 2 heterocycles. The number of benzene rings is 2. The molecular formula is C23H26N2O4S. The van der Waals surface area contributed by atoms with Gasteiger partial charge in [0.05, 0.1) is 30.0 Å². The topological polar surface area (TPSA) is 60.9 Å². The maximum Gasteiger partial charge on any atom is 0.266 e. The predicted octanol–water partition coefficient (Wildman–Crippen LogP) is 4.51. The van der Waals surface area contributed by atoms with Crippen LogP contribution in [-0.4, -0.2) is 43.9 Å². The van der Waals surface area contributed by atoms with Crippen molar-refractivity contribution in [2.75, 3.05) is 31.8 Å². The van der Waals surface area contributed by atoms with Crippen molar-refractivity contribution in [3.63, 3.8) is 0 Å². The van der Waals surface area contributed by atoms with Gasteiger partial charge in [0.15, 0.2) is 11.7 Å². The molecule has 7 heteroatoms. The highest BCUT2D eigenvalue weighted by atomic mass is 32.1. The van der Waals surface area contributed by atoms with Gasteiger partial charge >= 0.3 is 0 Å². The normalized spacial score (nSPS) is 16.0. The zero-order valence-corrected chi connectivity index (χ0v) is 18.3. The van der Waals surface area contributed by atoms with Crippen molar-refractivity contribution >= 4 is 32.6 Å². The van der Waals surface area contributed by atoms with Gasteiger partial charge in [-0.2, -0.15) is 0 Å². The van der Waals surface area contributed by atoms with Gasteiger partial charge in [-0.1, -0.05) is 29.5 Å². The fraction of sp³-hybridized carbons (Fsp3) is 0.391. The lowest BCUT2D eigenvalue weighted by atomic mass is 10.1. The van der Waals surface area contributed by atoms with Crippen molar-refractivity contribution in [1.82, 2.24) is 4.98 Å². The Hall–Kier alpha value is -2.64. The maximum absolute atomic E-state index is 13.2. The Kier molecular flexibility index (Phi) is 6.20. The van der Waals surface area contributed by atoms with E-state index in [0.29, 0.717) is 23.2 Å². The number of anilines is 1. The third-order valence-corrected chi connectivity index (χ3v) is 6.49. The number of carbonyl (C=O) groups is 1. The second-order valence-corrected chi connectivity index (χ2v) is 8.46. The molecule has 1 unspecified atom stereocenters. The number of amides is 1. The monoisotopic (exact) mass is 426 g/mol. The van der Waals surface area contributed by atoms with Gasteiger partial charge in [-0.05, 0) is 49.9 Å². The Morgan fingerprint density at radius 1 is 1.23 bits per heavy atom. The Morgan fingerprint density at radius 3 is 2.77 bits per heavy atom. The second-order valence-electron chi connectivity index (χ2n) is 7.48. The van der Waals surface area contributed by atoms with Crippen LogP contribution in [0, 0.1) is 13.8 Å². The van der Waals surface area contributed by atoms with Gasteiger partial charge in [-0.25, -0.2) is 4.98 Å². The first-order valence-corrected chi connectivity index (χ1v) is 10.9. The zero-order valence-electron chi connectivity index (χ0n) is 17.5. The molecule has 0 N–H and O–H groups in total. The summed E-state index contributed by atoms with van der Waals surface area (Å²) < 4.78 is 17.9. The molecule has 0 spiro atoms. The molecule has 1 atom stereocenters. The molecule has 1 saturated heterocycles. The van der Waals surface area contributed by atoms with E-state index in [1.54, 1.807) is 29.4 Å². The summed E-state index contributed by atoms with van der Waals surface area (Å²) in [6.07, 6.45) is 1.99. The van der Waals surface area contributed by atoms with E-state index >= 15 is 0 Å². The minimum atomic E-state index is -0.136. The highest BCUT2D eigenvalue weighted by Gasteiger charge is 2.27. The van der Waals surface area contributed by atoms with Crippen LogP contribution in [0.1, 0.15) is 24.0 Å². The minimum absolute atomic E-state index is 0.0278. The maximum atomic E-state index is 13.2. The molecule has 1 amide bonds. The summed E-state index contributed by atoms with van der Waals surface area (Å²) in [5.41, 5.74) is 3.22. The summed E-state index contributed by atoms with van der Waals surface area (Å²) in [5.74, 6) is 1.15. The first-order valence-electron chi connectivity index (χ1n) is 10.1. The fourth-order valence-electron chi connectivity index (χ4n) is 3.56. The molecule has 1 aliphatic heterocycles. The number of methoxy groups -OCH3 is 1. The number of carbonyl (C=O) groups excluding carboxylic acids is 1. The Labute approximate surface area is 180 Å². The molecule has 158 valence electrons. The van der Waals surface area contributed by atoms with E-state index in [1.807, 2.05) is 25.1 Å². The van der Waals surface area contributed by atoms with Gasteiger partial charge in [0.2, 0.25) is 0 Å². The lowest BCUT2D eigenvalue weighted by Gasteiger charge is -2.23. The molecule has 4 rings (SSSR count). The lowest BCUT2D eigenvalue weighted by Crippen LogP contribution is -2.40. The number of nitrogens with zero attached hydrogens (tertiary/aromatic N) is 2. The fourth-order valence-corrected chi connectivity index (χ4v) is 4.69. The number of rotatable bonds is 7. The van der Waals surface area contributed by atoms with Crippen LogP contribution in [0.15, 0.2) is 36.4 Å². The molecule has 3 aromatic rings. The number of ether oxygens (including phenoxy) is 3. The van der Waals surface area contributed by atoms with Crippen molar-refractivity contribution in [1.29, 1.82) is 0 Å². The summed E-state index contributed by atoms with van der Waals surface area (Å²) in [7, 11) is 1.60. The van der Waals surface area contributed by atoms with E-state index in [0.717, 1.165) is 40.8 Å². The third-order valence-electron chi connectivity index (χ3n) is 5.28. The average molecular weight is 427 g/mol. The minimum Gasteiger partial charge on any atom is -0.497 e. The van der Waals surface area contributed by atoms with Crippen LogP contribution in [0.2, 0.25) is 0 Å². The number of hydrogen-bond acceptors (Lipinski definition) is 6. The van der Waals surface area contributed by atoms with Crippen LogP contribution in [0.3, 0.4) is 0 Å². The van der Waals surface area contributed by atoms with Gasteiger partial charge in [-0.3, -0.25) is 9.69 Å². The Balaban J connectivity index is 1.58. The molecule has 2 aromatic carbocycles. The number of aromatic nitrogens is 1. The highest BCUT2D eigenvalue weighted by Crippen LogP contribution is 2.34. The molecule has 0 saturated carbocycles. The van der Waals surface area contributed by atoms with E-state index in [4.69, 9.17) is 19.2 Å². The summed E-state index contributed by atoms with van der Waals surface area (Å²) >= 11 is 1.55. The number of fused-ring (bicyclic) bond motifs is 1. The first kappa shape index (κ1) is 20.6. The SMILES string of the molecule is COc1cccc(OCC(=O)N(CC2CCCO2)c2nc3c(C)ccc(C)c3s2)c1. The molecule has 1 aliphatic rings. The van der Waals surface area contributed by atoms with E-state index in [2.05, 4.69) is 19.1 Å². The molecule has 1 aromatic heterocycles. The van der Waals surface area contributed by atoms with Gasteiger partial charge in [0, 0.05) is 12.7 Å². The quantitative estimate of drug-likeness (QED) is 0.556. The second kappa shape index (κ2) is 9.02. The van der Waals surface area contributed by atoms with E-state index in [-0.39, 0.29) is 18.6 Å². The summed E-state index contributed by atoms with van der Waals surface area (Å²) in [6, 6.07) is 11.4. The van der Waals surface area contributed by atoms with Crippen molar-refractivity contribution in [3.8, 4) is 11.5 Å². The number of hydrogen-bond donors (Lipinski definition) is 0. The molecule has 0 bridgehead atoms. The average Bonchev–Trinajstić information content (AvgIpc) is 3.43. The summed E-state index contributed by atoms with van der Waals surface area (Å²) in [6.45, 7) is 5.27. The summed E-state index contributed by atoms with van der Waals surface area (Å²) in [4.78, 5) is 19.7. The molecule has 1 fully saturated rings. The van der Waals surface area contributed by atoms with Gasteiger partial charge < -0.3 is 14.2 Å². The van der Waals surface area contributed by atoms with Crippen molar-refractivity contribution in [3.05, 3.63) is 47.5 Å². The van der Waals surface area contributed by atoms with Crippen molar-refractivity contribution < 1.29 is 19.0 Å². The molecule has 6 nitrogen and oxygen atoms in total. The number of aryl methyl sites for hydroxylation is 2. The highest BCUT2D eigenvalue weighted by molar-refractivity contribution is 7.22. The van der Waals surface area contributed by atoms with Crippen LogP contribution in [0.4, 0.5) is 5.13 Å². The standard InChI is InChI=1S/C23H26N2O4S/c1-15-9-10-16(2)22-21(15)24-23(30-22)25(13-19-8-5-11-28-19)20(26)14-29-18-7-4-6-17(12-18)27-3/h4,6-7,9-10,12,19H,5,8,11,13-14H2,1-3H3. The van der Waals surface area contributed by atoms with Crippen LogP contribution in [0.5, 0.6) is 11.5 Å². The van der Waals surface area contributed by atoms with E-state index in [1.165, 1.54) is 0 Å². The zero-order chi connectivity index (χ0) is 21.1. The van der Waals surface area contributed by atoms with Crippen LogP contribution in [0.25, 0.3) is 10.2 Å². The van der Waals surface area contributed by atoms with Gasteiger partial charge in [0.1, 0.15) is 11.5 Å². The Morgan fingerprint density at radius 2 is 2.03 bits per heavy atom. The van der Waals surface area contributed by atoms with Crippen LogP contribution < -0.4 is 14.4 Å². The molecule has 0 radical (unpaired) electrons. The van der Waals surface area contributed by atoms with Gasteiger partial charge in [0.25, 0.3) is 5.91 Å². The van der Waals surface area contributed by atoms with Crippen LogP contribution in [-0.2, 0) is 9.53 Å². The Bertz CT molecular complexity index is 1000. The molecule has 0 aliphatic carbocycles. The summed E-state index contributed by atoms with van der Waals surface area (Å²) in [5, 5.41) is 0.692. The smallest absolute Gasteiger partial charge is 0.266 e.